The van der Waals surface area contributed by atoms with Crippen LogP contribution in [-0.2, 0) is 17.1 Å². The van der Waals surface area contributed by atoms with Crippen molar-refractivity contribution < 1.29 is 8.42 Å². The molecule has 0 radical (unpaired) electrons. The molecule has 3 aromatic heterocycles. The predicted molar refractivity (Wildman–Crippen MR) is 146 cm³/mol. The summed E-state index contributed by atoms with van der Waals surface area (Å²) in [5, 5.41) is 4.05. The molecule has 5 heterocycles. The van der Waals surface area contributed by atoms with Gasteiger partial charge in [0.2, 0.25) is 0 Å². The molecule has 2 fully saturated rings. The van der Waals surface area contributed by atoms with Gasteiger partial charge in [-0.2, -0.15) is 0 Å². The lowest BCUT2D eigenvalue weighted by atomic mass is 9.78. The summed E-state index contributed by atoms with van der Waals surface area (Å²) in [7, 11) is -2.29. The minimum atomic E-state index is -3.93. The van der Waals surface area contributed by atoms with Gasteiger partial charge in [0.25, 0.3) is 15.6 Å². The molecular formula is C28H31N5O3S. The van der Waals surface area contributed by atoms with Gasteiger partial charge in [-0.3, -0.25) is 4.79 Å². The van der Waals surface area contributed by atoms with Crippen molar-refractivity contribution in [1.82, 2.24) is 18.8 Å². The lowest BCUT2D eigenvalue weighted by Gasteiger charge is -2.33. The summed E-state index contributed by atoms with van der Waals surface area (Å²) in [6.45, 7) is 6.11. The molecule has 8 nitrogen and oxygen atoms in total. The topological polar surface area (TPSA) is 89.2 Å². The number of aryl methyl sites for hydroxylation is 2. The van der Waals surface area contributed by atoms with Gasteiger partial charge in [-0.25, -0.2) is 17.4 Å². The van der Waals surface area contributed by atoms with Crippen LogP contribution >= 0.6 is 0 Å². The first-order valence-corrected chi connectivity index (χ1v) is 14.2. The molecule has 2 saturated heterocycles. The third-order valence-corrected chi connectivity index (χ3v) is 9.74. The standard InChI is InChI=1S/C28H31N5O3S/c1-20-3-6-22(7-4-20)37(35,36)33-15-9-23-24(18-31(2)27(34)26(23)33)21-5-8-25(30-17-21)32-16-12-28(19-32)10-13-29-14-11-28/h3-9,15,17-18,29H,10-14,16,19H2,1-2H3. The van der Waals surface area contributed by atoms with E-state index in [1.54, 1.807) is 43.6 Å². The molecule has 4 aromatic rings. The lowest BCUT2D eigenvalue weighted by molar-refractivity contribution is 0.232. The Labute approximate surface area is 216 Å². The van der Waals surface area contributed by atoms with Crippen molar-refractivity contribution in [3.8, 4) is 11.1 Å². The third kappa shape index (κ3) is 4.06. The Kier molecular flexibility index (Phi) is 5.72. The number of piperidine rings is 1. The summed E-state index contributed by atoms with van der Waals surface area (Å²) in [5.74, 6) is 0.958. The highest BCUT2D eigenvalue weighted by molar-refractivity contribution is 7.90. The largest absolute Gasteiger partial charge is 0.356 e. The maximum atomic E-state index is 13.4. The zero-order valence-corrected chi connectivity index (χ0v) is 22.0. The van der Waals surface area contributed by atoms with Crippen LogP contribution in [0.15, 0.2) is 70.7 Å². The molecular weight excluding hydrogens is 486 g/mol. The number of anilines is 1. The van der Waals surface area contributed by atoms with Crippen molar-refractivity contribution >= 4 is 26.7 Å². The van der Waals surface area contributed by atoms with E-state index in [0.29, 0.717) is 10.8 Å². The zero-order valence-electron chi connectivity index (χ0n) is 21.1. The molecule has 1 N–H and O–H groups in total. The quantitative estimate of drug-likeness (QED) is 0.446. The van der Waals surface area contributed by atoms with E-state index >= 15 is 0 Å². The number of aromatic nitrogens is 3. The molecule has 2 aliphatic rings. The Hall–Kier alpha value is -3.43. The number of benzene rings is 1. The van der Waals surface area contributed by atoms with Gasteiger partial charge in [0.1, 0.15) is 11.3 Å². The molecule has 0 amide bonds. The maximum Gasteiger partial charge on any atom is 0.275 e. The normalized spacial score (nSPS) is 17.6. The first-order valence-electron chi connectivity index (χ1n) is 12.7. The highest BCUT2D eigenvalue weighted by Gasteiger charge is 2.39. The van der Waals surface area contributed by atoms with Gasteiger partial charge in [-0.15, -0.1) is 0 Å². The summed E-state index contributed by atoms with van der Waals surface area (Å²) in [6, 6.07) is 12.4. The van der Waals surface area contributed by atoms with Gasteiger partial charge in [-0.05, 0) is 75.0 Å². The number of hydrogen-bond acceptors (Lipinski definition) is 6. The second-order valence-electron chi connectivity index (χ2n) is 10.5. The molecule has 1 spiro atoms. The molecule has 0 unspecified atom stereocenters. The Bertz CT molecular complexity index is 1630. The molecule has 2 aliphatic heterocycles. The number of rotatable bonds is 4. The number of fused-ring (bicyclic) bond motifs is 1. The molecule has 6 rings (SSSR count). The monoisotopic (exact) mass is 517 g/mol. The Balaban J connectivity index is 1.37. The van der Waals surface area contributed by atoms with Crippen molar-refractivity contribution in [2.45, 2.75) is 31.1 Å². The summed E-state index contributed by atoms with van der Waals surface area (Å²) in [6.07, 6.45) is 8.66. The van der Waals surface area contributed by atoms with E-state index in [2.05, 4.69) is 10.2 Å². The second-order valence-corrected chi connectivity index (χ2v) is 12.3. The first-order chi connectivity index (χ1) is 17.8. The SMILES string of the molecule is Cc1ccc(S(=O)(=O)n2ccc3c(-c4ccc(N5CCC6(CCNCC6)C5)nc4)cn(C)c(=O)c32)cc1. The van der Waals surface area contributed by atoms with E-state index in [9.17, 15) is 13.2 Å². The summed E-state index contributed by atoms with van der Waals surface area (Å²) < 4.78 is 29.4. The van der Waals surface area contributed by atoms with Crippen molar-refractivity contribution in [2.75, 3.05) is 31.1 Å². The highest BCUT2D eigenvalue weighted by atomic mass is 32.2. The van der Waals surface area contributed by atoms with Crippen LogP contribution in [0.5, 0.6) is 0 Å². The second kappa shape index (κ2) is 8.85. The molecule has 0 bridgehead atoms. The highest BCUT2D eigenvalue weighted by Crippen LogP contribution is 2.40. The van der Waals surface area contributed by atoms with Crippen LogP contribution in [0.2, 0.25) is 0 Å². The zero-order chi connectivity index (χ0) is 25.8. The van der Waals surface area contributed by atoms with E-state index in [1.807, 2.05) is 25.3 Å². The Morgan fingerprint density at radius 3 is 2.46 bits per heavy atom. The summed E-state index contributed by atoms with van der Waals surface area (Å²) in [4.78, 5) is 20.5. The van der Waals surface area contributed by atoms with Crippen LogP contribution in [0.4, 0.5) is 5.82 Å². The van der Waals surface area contributed by atoms with Gasteiger partial charge in [0.05, 0.1) is 4.90 Å². The molecule has 37 heavy (non-hydrogen) atoms. The van der Waals surface area contributed by atoms with Crippen LogP contribution < -0.4 is 15.8 Å². The third-order valence-electron chi connectivity index (χ3n) is 8.05. The van der Waals surface area contributed by atoms with Crippen molar-refractivity contribution in [2.24, 2.45) is 12.5 Å². The average molecular weight is 518 g/mol. The van der Waals surface area contributed by atoms with Crippen LogP contribution in [0.3, 0.4) is 0 Å². The molecule has 0 atom stereocenters. The number of pyridine rings is 2. The fourth-order valence-electron chi connectivity index (χ4n) is 5.81. The van der Waals surface area contributed by atoms with E-state index in [4.69, 9.17) is 4.98 Å². The van der Waals surface area contributed by atoms with Gasteiger partial charge in [0, 0.05) is 55.2 Å². The number of nitrogens with one attached hydrogen (secondary N) is 1. The van der Waals surface area contributed by atoms with Gasteiger partial charge in [-0.1, -0.05) is 17.7 Å². The van der Waals surface area contributed by atoms with Crippen LogP contribution in [0.1, 0.15) is 24.8 Å². The minimum Gasteiger partial charge on any atom is -0.356 e. The fourth-order valence-corrected chi connectivity index (χ4v) is 7.16. The van der Waals surface area contributed by atoms with Gasteiger partial charge < -0.3 is 14.8 Å². The number of hydrogen-bond donors (Lipinski definition) is 1. The molecule has 0 saturated carbocycles. The van der Waals surface area contributed by atoms with Crippen molar-refractivity contribution in [1.29, 1.82) is 0 Å². The molecule has 1 aromatic carbocycles. The molecule has 192 valence electrons. The Morgan fingerprint density at radius 1 is 1.00 bits per heavy atom. The molecule has 9 heteroatoms. The van der Waals surface area contributed by atoms with Gasteiger partial charge >= 0.3 is 0 Å². The maximum absolute atomic E-state index is 13.4. The first kappa shape index (κ1) is 23.9. The number of nitrogens with zero attached hydrogens (tertiary/aromatic N) is 4. The fraction of sp³-hybridized carbons (Fsp3) is 0.357. The molecule has 0 aliphatic carbocycles. The van der Waals surface area contributed by atoms with E-state index in [1.165, 1.54) is 30.0 Å². The summed E-state index contributed by atoms with van der Waals surface area (Å²) in [5.41, 5.74) is 2.73. The summed E-state index contributed by atoms with van der Waals surface area (Å²) >= 11 is 0. The lowest BCUT2D eigenvalue weighted by Crippen LogP contribution is -2.38. The van der Waals surface area contributed by atoms with Crippen LogP contribution in [-0.4, -0.2) is 48.1 Å². The van der Waals surface area contributed by atoms with Gasteiger partial charge in [0.15, 0.2) is 0 Å². The van der Waals surface area contributed by atoms with E-state index in [0.717, 1.165) is 52.7 Å². The smallest absolute Gasteiger partial charge is 0.275 e. The minimum absolute atomic E-state index is 0.136. The predicted octanol–water partition coefficient (Wildman–Crippen LogP) is 3.53. The van der Waals surface area contributed by atoms with Crippen molar-refractivity contribution in [3.63, 3.8) is 0 Å². The van der Waals surface area contributed by atoms with Crippen LogP contribution in [0.25, 0.3) is 22.0 Å². The van der Waals surface area contributed by atoms with Crippen molar-refractivity contribution in [3.05, 3.63) is 77.0 Å². The Morgan fingerprint density at radius 2 is 1.76 bits per heavy atom. The average Bonchev–Trinajstić information content (AvgIpc) is 3.53. The van der Waals surface area contributed by atoms with Crippen LogP contribution in [0, 0.1) is 12.3 Å². The van der Waals surface area contributed by atoms with E-state index < -0.39 is 10.0 Å². The van der Waals surface area contributed by atoms with E-state index in [-0.39, 0.29) is 16.0 Å².